The number of nitrogens with one attached hydrogen (secondary N) is 3. The molecule has 0 saturated carbocycles. The summed E-state index contributed by atoms with van der Waals surface area (Å²) < 4.78 is 0. The molecule has 4 heteroatoms. The minimum absolute atomic E-state index is 0.146. The first-order valence-electron chi connectivity index (χ1n) is 11.4. The maximum Gasteiger partial charge on any atom is 0.0888 e. The molecule has 4 nitrogen and oxygen atoms in total. The van der Waals surface area contributed by atoms with Gasteiger partial charge in [-0.05, 0) is 16.7 Å². The Morgan fingerprint density at radius 2 is 0.774 bits per heavy atom. The van der Waals surface area contributed by atoms with Crippen molar-refractivity contribution in [3.8, 4) is 0 Å². The van der Waals surface area contributed by atoms with Crippen molar-refractivity contribution in [3.05, 3.63) is 108 Å². The topological polar surface area (TPSA) is 39.3 Å². The highest BCUT2D eigenvalue weighted by atomic mass is 15.6. The number of hydrogen-bond donors (Lipinski definition) is 3. The summed E-state index contributed by atoms with van der Waals surface area (Å²) in [5.74, 6) is 0. The number of hydrogen-bond acceptors (Lipinski definition) is 4. The molecular formula is C27H30N4. The molecular weight excluding hydrogens is 380 g/mol. The Hall–Kier alpha value is -2.50. The molecule has 4 fully saturated rings. The third-order valence-corrected chi connectivity index (χ3v) is 6.96. The van der Waals surface area contributed by atoms with E-state index in [0.717, 1.165) is 38.9 Å². The van der Waals surface area contributed by atoms with Crippen LogP contribution in [0.5, 0.6) is 0 Å². The second-order valence-electron chi connectivity index (χ2n) is 9.75. The lowest BCUT2D eigenvalue weighted by Gasteiger charge is -2.69. The fraction of sp³-hybridized carbons (Fsp3) is 0.333. The number of benzene rings is 3. The zero-order chi connectivity index (χ0) is 20.8. The summed E-state index contributed by atoms with van der Waals surface area (Å²) in [4.78, 5) is 2.66. The molecule has 7 rings (SSSR count). The van der Waals surface area contributed by atoms with E-state index in [1.165, 1.54) is 16.7 Å². The van der Waals surface area contributed by atoms with Crippen LogP contribution in [-0.4, -0.2) is 41.5 Å². The van der Waals surface area contributed by atoms with Gasteiger partial charge in [0.2, 0.25) is 0 Å². The predicted octanol–water partition coefficient (Wildman–Crippen LogP) is 2.92. The van der Waals surface area contributed by atoms with E-state index in [1.807, 2.05) is 0 Å². The largest absolute Gasteiger partial charge is 0.294 e. The molecule has 0 atom stereocenters. The second-order valence-corrected chi connectivity index (χ2v) is 9.75. The van der Waals surface area contributed by atoms with Crippen molar-refractivity contribution in [1.82, 2.24) is 20.9 Å². The van der Waals surface area contributed by atoms with Crippen LogP contribution in [0.2, 0.25) is 0 Å². The van der Waals surface area contributed by atoms with E-state index < -0.39 is 0 Å². The average Bonchev–Trinajstić information content (AvgIpc) is 2.74. The van der Waals surface area contributed by atoms with E-state index in [2.05, 4.69) is 112 Å². The van der Waals surface area contributed by atoms with Crippen molar-refractivity contribution in [3.63, 3.8) is 0 Å². The van der Waals surface area contributed by atoms with Crippen molar-refractivity contribution in [2.75, 3.05) is 19.6 Å². The molecule has 0 aliphatic carbocycles. The molecule has 0 unspecified atom stereocenters. The molecule has 0 aromatic heterocycles. The predicted molar refractivity (Wildman–Crippen MR) is 124 cm³/mol. The van der Waals surface area contributed by atoms with Gasteiger partial charge in [0, 0.05) is 38.9 Å². The number of nitrogens with zero attached hydrogens (tertiary/aromatic N) is 1. The van der Waals surface area contributed by atoms with E-state index in [1.54, 1.807) is 0 Å². The smallest absolute Gasteiger partial charge is 0.0888 e. The molecule has 31 heavy (non-hydrogen) atoms. The quantitative estimate of drug-likeness (QED) is 0.584. The molecule has 158 valence electrons. The van der Waals surface area contributed by atoms with Gasteiger partial charge >= 0.3 is 0 Å². The summed E-state index contributed by atoms with van der Waals surface area (Å²) in [5, 5.41) is 12.3. The van der Waals surface area contributed by atoms with Crippen LogP contribution in [0.1, 0.15) is 16.7 Å². The Labute approximate surface area is 184 Å². The molecule has 4 bridgehead atoms. The SMILES string of the molecule is c1ccc(CC23CN4CC(Cc5ccccc5)(N2)NC(Cc2ccccc2)(C4)N3)cc1. The Morgan fingerprint density at radius 1 is 0.484 bits per heavy atom. The summed E-state index contributed by atoms with van der Waals surface area (Å²) in [6.45, 7) is 3.07. The van der Waals surface area contributed by atoms with Gasteiger partial charge in [0.05, 0.1) is 17.0 Å². The van der Waals surface area contributed by atoms with E-state index in [9.17, 15) is 0 Å². The molecule has 0 spiro atoms. The monoisotopic (exact) mass is 410 g/mol. The van der Waals surface area contributed by atoms with Crippen molar-refractivity contribution in [2.24, 2.45) is 0 Å². The van der Waals surface area contributed by atoms with E-state index in [4.69, 9.17) is 0 Å². The molecule has 4 aliphatic heterocycles. The average molecular weight is 411 g/mol. The van der Waals surface area contributed by atoms with Crippen LogP contribution in [0.3, 0.4) is 0 Å². The molecule has 4 aliphatic rings. The Bertz CT molecular complexity index is 892. The van der Waals surface area contributed by atoms with Crippen LogP contribution < -0.4 is 16.0 Å². The molecule has 4 saturated heterocycles. The Balaban J connectivity index is 1.38. The van der Waals surface area contributed by atoms with Gasteiger partial charge in [-0.25, -0.2) is 0 Å². The summed E-state index contributed by atoms with van der Waals surface area (Å²) in [5.41, 5.74) is 3.67. The highest BCUT2D eigenvalue weighted by Gasteiger charge is 2.61. The zero-order valence-electron chi connectivity index (χ0n) is 17.9. The van der Waals surface area contributed by atoms with E-state index in [0.29, 0.717) is 0 Å². The van der Waals surface area contributed by atoms with Gasteiger partial charge in [0.1, 0.15) is 0 Å². The lowest BCUT2D eigenvalue weighted by molar-refractivity contribution is -0.144. The van der Waals surface area contributed by atoms with Gasteiger partial charge in [-0.3, -0.25) is 20.9 Å². The van der Waals surface area contributed by atoms with Gasteiger partial charge in [0.25, 0.3) is 0 Å². The first-order valence-corrected chi connectivity index (χ1v) is 11.4. The lowest BCUT2D eigenvalue weighted by Crippen LogP contribution is -2.97. The normalized spacial score (nSPS) is 33.5. The molecule has 0 radical (unpaired) electrons. The first-order chi connectivity index (χ1) is 15.1. The van der Waals surface area contributed by atoms with Crippen LogP contribution in [0.25, 0.3) is 0 Å². The Morgan fingerprint density at radius 3 is 1.06 bits per heavy atom. The zero-order valence-corrected chi connectivity index (χ0v) is 17.9. The third kappa shape index (κ3) is 3.70. The fourth-order valence-electron chi connectivity index (χ4n) is 6.28. The summed E-state index contributed by atoms with van der Waals surface area (Å²) in [6, 6.07) is 32.7. The van der Waals surface area contributed by atoms with E-state index in [-0.39, 0.29) is 17.0 Å². The van der Waals surface area contributed by atoms with Crippen molar-refractivity contribution in [1.29, 1.82) is 0 Å². The summed E-state index contributed by atoms with van der Waals surface area (Å²) in [6.07, 6.45) is 2.91. The number of piperazine rings is 3. The first kappa shape index (κ1) is 19.2. The molecule has 3 aromatic carbocycles. The molecule has 0 amide bonds. The molecule has 3 aromatic rings. The van der Waals surface area contributed by atoms with Gasteiger partial charge < -0.3 is 0 Å². The second kappa shape index (κ2) is 7.28. The van der Waals surface area contributed by atoms with Crippen molar-refractivity contribution >= 4 is 0 Å². The molecule has 4 heterocycles. The van der Waals surface area contributed by atoms with Crippen LogP contribution in [0.4, 0.5) is 0 Å². The van der Waals surface area contributed by atoms with Crippen LogP contribution >= 0.6 is 0 Å². The minimum Gasteiger partial charge on any atom is -0.294 e. The lowest BCUT2D eigenvalue weighted by atomic mass is 9.78. The van der Waals surface area contributed by atoms with Crippen LogP contribution in [-0.2, 0) is 19.3 Å². The van der Waals surface area contributed by atoms with Crippen LogP contribution in [0, 0.1) is 0 Å². The summed E-state index contributed by atoms with van der Waals surface area (Å²) >= 11 is 0. The van der Waals surface area contributed by atoms with Gasteiger partial charge in [0.15, 0.2) is 0 Å². The Kier molecular flexibility index (Phi) is 4.51. The van der Waals surface area contributed by atoms with E-state index >= 15 is 0 Å². The minimum atomic E-state index is -0.146. The maximum atomic E-state index is 4.08. The summed E-state index contributed by atoms with van der Waals surface area (Å²) in [7, 11) is 0. The standard InChI is InChI=1S/C27H30N4/c1-4-10-22(11-5-1)16-25-19-31-20-26(28-25,17-23-12-6-2-7-13-23)30-27(21-31,29-25)18-24-14-8-3-9-15-24/h1-15,28-30H,16-21H2. The molecule has 3 N–H and O–H groups in total. The van der Waals surface area contributed by atoms with Crippen molar-refractivity contribution < 1.29 is 0 Å². The van der Waals surface area contributed by atoms with Crippen LogP contribution in [0.15, 0.2) is 91.0 Å². The highest BCUT2D eigenvalue weighted by Crippen LogP contribution is 2.38. The van der Waals surface area contributed by atoms with Gasteiger partial charge in [-0.15, -0.1) is 0 Å². The van der Waals surface area contributed by atoms with Crippen molar-refractivity contribution in [2.45, 2.75) is 36.3 Å². The highest BCUT2D eigenvalue weighted by molar-refractivity contribution is 5.30. The fourth-order valence-corrected chi connectivity index (χ4v) is 6.28. The van der Waals surface area contributed by atoms with Gasteiger partial charge in [-0.1, -0.05) is 91.0 Å². The third-order valence-electron chi connectivity index (χ3n) is 6.96. The number of rotatable bonds is 6. The maximum absolute atomic E-state index is 4.08. The van der Waals surface area contributed by atoms with Gasteiger partial charge in [-0.2, -0.15) is 0 Å².